The van der Waals surface area contributed by atoms with E-state index in [4.69, 9.17) is 3.39 Å². The molecule has 0 aliphatic carbocycles. The molecule has 4 heavy (non-hydrogen) atoms. The van der Waals surface area contributed by atoms with Crippen LogP contribution >= 0.6 is 0 Å². The molecule has 0 atom stereocenters. The van der Waals surface area contributed by atoms with Gasteiger partial charge in [-0.1, -0.05) is 0 Å². The maximum absolute atomic E-state index is 7.13. The molecule has 0 aromatic carbocycles. The van der Waals surface area contributed by atoms with E-state index in [-0.39, 0.29) is 22.5 Å². The molecular weight excluding hydrogens is 217 g/mol. The third kappa shape index (κ3) is 10.5. The quantitative estimate of drug-likeness (QED) is 0.498. The first-order chi connectivity index (χ1) is 1.00. The number of hydrogen-bond acceptors (Lipinski definition) is 2. The van der Waals surface area contributed by atoms with Gasteiger partial charge >= 0.3 is 43.9 Å². The van der Waals surface area contributed by atoms with Crippen LogP contribution in [0.15, 0.2) is 0 Å². The summed E-state index contributed by atoms with van der Waals surface area (Å²) in [4.78, 5) is 0. The normalized spacial score (nSPS) is 1.50. The van der Waals surface area contributed by atoms with Gasteiger partial charge in [0.15, 0.2) is 0 Å². The average molecular weight is 221 g/mol. The Labute approximate surface area is 49.4 Å². The molecule has 0 aliphatic heterocycles. The summed E-state index contributed by atoms with van der Waals surface area (Å²) in [6, 6.07) is 0. The van der Waals surface area contributed by atoms with Gasteiger partial charge in [-0.2, -0.15) is 0 Å². The van der Waals surface area contributed by atoms with Crippen LogP contribution in [-0.4, -0.2) is 32.3 Å². The average Bonchev–Trinajstić information content (AvgIpc) is 1.00. The Kier molecular flexibility index (Phi) is 134. The van der Waals surface area contributed by atoms with Crippen molar-refractivity contribution in [2.24, 2.45) is 0 Å². The summed E-state index contributed by atoms with van der Waals surface area (Å²) in [5.41, 5.74) is 0. The number of rotatable bonds is 0. The van der Waals surface area contributed by atoms with Crippen LogP contribution in [0.4, 0.5) is 0 Å². The van der Waals surface area contributed by atoms with E-state index in [1.165, 1.54) is 0 Å². The second kappa shape index (κ2) is 28.6. The Morgan fingerprint density at radius 2 is 1.25 bits per heavy atom. The first kappa shape index (κ1) is 18.7. The molecular formula is H4CuO2Sb. The molecule has 0 spiro atoms. The van der Waals surface area contributed by atoms with Gasteiger partial charge in [-0.15, -0.1) is 0 Å². The van der Waals surface area contributed by atoms with Crippen molar-refractivity contribution in [1.82, 2.24) is 0 Å². The van der Waals surface area contributed by atoms with Crippen molar-refractivity contribution >= 4 is 23.4 Å². The van der Waals surface area contributed by atoms with E-state index in [1.54, 1.807) is 0 Å². The van der Waals surface area contributed by atoms with E-state index < -0.39 is 0 Å². The predicted octanol–water partition coefficient (Wildman–Crippen LogP) is -1.65. The fourth-order valence-corrected chi connectivity index (χ4v) is 0. The topological polar surface area (TPSA) is 50.2 Å². The first-order valence-electron chi connectivity index (χ1n) is 0.258. The molecule has 0 heterocycles. The van der Waals surface area contributed by atoms with Crippen LogP contribution in [0.5, 0.6) is 0 Å². The van der Waals surface area contributed by atoms with Gasteiger partial charge in [-0.25, -0.2) is 0 Å². The van der Waals surface area contributed by atoms with Crippen LogP contribution in [0.3, 0.4) is 0 Å². The van der Waals surface area contributed by atoms with Gasteiger partial charge in [0.05, 0.1) is 0 Å². The Hall–Kier alpha value is 1.26. The van der Waals surface area contributed by atoms with Gasteiger partial charge in [-0.05, 0) is 0 Å². The summed E-state index contributed by atoms with van der Waals surface area (Å²) in [6.45, 7) is 0. The fraction of sp³-hybridized carbons (Fsp3) is 0. The zero-order chi connectivity index (χ0) is 2.00. The Bertz CT molecular complexity index is 6.00. The van der Waals surface area contributed by atoms with Gasteiger partial charge in [-0.3, -0.25) is 0 Å². The van der Waals surface area contributed by atoms with Crippen molar-refractivity contribution in [2.45, 2.75) is 0 Å². The molecule has 0 rings (SSSR count). The zero-order valence-corrected chi connectivity index (χ0v) is 6.01. The van der Waals surface area contributed by atoms with Crippen molar-refractivity contribution in [3.63, 3.8) is 0 Å². The maximum atomic E-state index is 7.13. The fourth-order valence-electron chi connectivity index (χ4n) is 0. The molecule has 0 saturated heterocycles. The van der Waals surface area contributed by atoms with E-state index in [0.29, 0.717) is 23.4 Å². The molecule has 0 aromatic heterocycles. The molecule has 0 bridgehead atoms. The zero-order valence-electron chi connectivity index (χ0n) is 1.77. The molecule has 2 nitrogen and oxygen atoms in total. The minimum atomic E-state index is 0. The molecule has 2 N–H and O–H groups in total. The van der Waals surface area contributed by atoms with Crippen LogP contribution in [0, 0.1) is 0 Å². The standard InChI is InChI=1S/Cu.2H2O.Sb.2H/h;2*1H2;;;/q+1;;;+1;;/p-2. The first-order valence-corrected chi connectivity index (χ1v) is 1.73. The molecule has 0 amide bonds. The molecule has 32 valence electrons. The molecule has 0 aliphatic rings. The molecule has 0 saturated carbocycles. The van der Waals surface area contributed by atoms with Crippen molar-refractivity contribution < 1.29 is 25.9 Å². The third-order valence-electron chi connectivity index (χ3n) is 0. The van der Waals surface area contributed by atoms with E-state index in [9.17, 15) is 0 Å². The van der Waals surface area contributed by atoms with E-state index in [2.05, 4.69) is 0 Å². The van der Waals surface area contributed by atoms with Crippen LogP contribution in [0.2, 0.25) is 0 Å². The van der Waals surface area contributed by atoms with Crippen LogP contribution in [0.25, 0.3) is 0 Å². The third-order valence-corrected chi connectivity index (χ3v) is 0. The summed E-state index contributed by atoms with van der Waals surface area (Å²) >= 11 is 0.350. The second-order valence-corrected chi connectivity index (χ2v) is 0. The van der Waals surface area contributed by atoms with Crippen LogP contribution in [0.1, 0.15) is 0 Å². The van der Waals surface area contributed by atoms with Crippen LogP contribution in [-0.2, 0) is 17.1 Å². The molecule has 0 aromatic rings. The summed E-state index contributed by atoms with van der Waals surface area (Å²) in [7, 11) is 0. The van der Waals surface area contributed by atoms with Crippen molar-refractivity contribution in [3.8, 4) is 0 Å². The summed E-state index contributed by atoms with van der Waals surface area (Å²) in [5.74, 6) is 0. The molecule has 0 fully saturated rings. The van der Waals surface area contributed by atoms with Crippen molar-refractivity contribution in [2.75, 3.05) is 0 Å². The summed E-state index contributed by atoms with van der Waals surface area (Å²) < 4.78 is 7.13. The SMILES string of the molecule is [Cu+].[OH-].[OH][SbH2]. The Balaban J connectivity index is -0.00000000500. The monoisotopic (exact) mass is 220 g/mol. The molecule has 0 unspecified atom stereocenters. The summed E-state index contributed by atoms with van der Waals surface area (Å²) in [5, 5.41) is 0. The van der Waals surface area contributed by atoms with Gasteiger partial charge in [0.25, 0.3) is 0 Å². The van der Waals surface area contributed by atoms with E-state index in [0.717, 1.165) is 0 Å². The van der Waals surface area contributed by atoms with Gasteiger partial charge in [0.2, 0.25) is 0 Å². The van der Waals surface area contributed by atoms with Crippen molar-refractivity contribution in [3.05, 3.63) is 0 Å². The minimum absolute atomic E-state index is 0. The van der Waals surface area contributed by atoms with E-state index >= 15 is 0 Å². The summed E-state index contributed by atoms with van der Waals surface area (Å²) in [6.07, 6.45) is 0. The molecule has 4 heteroatoms. The second-order valence-electron chi connectivity index (χ2n) is 0. The Morgan fingerprint density at radius 3 is 1.25 bits per heavy atom. The predicted molar refractivity (Wildman–Crippen MR) is 12.7 cm³/mol. The molecule has 0 radical (unpaired) electrons. The van der Waals surface area contributed by atoms with Gasteiger partial charge in [0.1, 0.15) is 0 Å². The van der Waals surface area contributed by atoms with E-state index in [1.807, 2.05) is 0 Å². The van der Waals surface area contributed by atoms with Gasteiger partial charge in [0, 0.05) is 0 Å². The van der Waals surface area contributed by atoms with Crippen molar-refractivity contribution in [1.29, 1.82) is 0 Å². The number of hydrogen-bond donors (Lipinski definition) is 1. The van der Waals surface area contributed by atoms with Gasteiger partial charge < -0.3 is 5.48 Å². The van der Waals surface area contributed by atoms with Crippen LogP contribution < -0.4 is 0 Å². The Morgan fingerprint density at radius 1 is 1.25 bits per heavy atom.